The monoisotopic (exact) mass is 250 g/mol. The molecule has 0 aliphatic carbocycles. The lowest BCUT2D eigenvalue weighted by molar-refractivity contribution is 0.479. The van der Waals surface area contributed by atoms with E-state index in [1.54, 1.807) is 0 Å². The van der Waals surface area contributed by atoms with Crippen LogP contribution >= 0.6 is 0 Å². The van der Waals surface area contributed by atoms with Gasteiger partial charge < -0.3 is 5.73 Å². The number of halogens is 2. The summed E-state index contributed by atoms with van der Waals surface area (Å²) >= 11 is 0. The van der Waals surface area contributed by atoms with Gasteiger partial charge >= 0.3 is 0 Å². The number of benzene rings is 1. The highest BCUT2D eigenvalue weighted by molar-refractivity contribution is 7.89. The second kappa shape index (κ2) is 4.34. The minimum Gasteiger partial charge on any atom is -0.398 e. The maximum atomic E-state index is 13.4. The SMILES string of the molecule is CCNS(=O)(=O)c1cc(N)c(C)c(F)c1F. The molecule has 0 aliphatic rings. The third-order valence-electron chi connectivity index (χ3n) is 2.08. The fourth-order valence-corrected chi connectivity index (χ4v) is 2.32. The molecule has 0 heterocycles. The van der Waals surface area contributed by atoms with Gasteiger partial charge in [0.05, 0.1) is 0 Å². The molecule has 0 atom stereocenters. The molecule has 0 amide bonds. The van der Waals surface area contributed by atoms with Gasteiger partial charge in [-0.2, -0.15) is 0 Å². The van der Waals surface area contributed by atoms with Crippen molar-refractivity contribution >= 4 is 15.7 Å². The minimum atomic E-state index is -4.05. The Balaban J connectivity index is 3.48. The predicted octanol–water partition coefficient (Wildman–Crippen LogP) is 1.15. The fraction of sp³-hybridized carbons (Fsp3) is 0.333. The van der Waals surface area contributed by atoms with Gasteiger partial charge in [0.1, 0.15) is 4.90 Å². The maximum absolute atomic E-state index is 13.4. The van der Waals surface area contributed by atoms with E-state index in [1.165, 1.54) is 13.8 Å². The topological polar surface area (TPSA) is 72.2 Å². The van der Waals surface area contributed by atoms with Crippen molar-refractivity contribution < 1.29 is 17.2 Å². The van der Waals surface area contributed by atoms with E-state index in [0.717, 1.165) is 6.07 Å². The summed E-state index contributed by atoms with van der Waals surface area (Å²) in [4.78, 5) is -0.769. The zero-order valence-corrected chi connectivity index (χ0v) is 9.66. The van der Waals surface area contributed by atoms with E-state index in [1.807, 2.05) is 0 Å². The van der Waals surface area contributed by atoms with E-state index in [9.17, 15) is 17.2 Å². The first-order chi connectivity index (χ1) is 7.31. The van der Waals surface area contributed by atoms with Crippen LogP contribution in [0.5, 0.6) is 0 Å². The molecular weight excluding hydrogens is 238 g/mol. The zero-order chi connectivity index (χ0) is 12.5. The van der Waals surface area contributed by atoms with Crippen molar-refractivity contribution in [2.75, 3.05) is 12.3 Å². The molecule has 16 heavy (non-hydrogen) atoms. The largest absolute Gasteiger partial charge is 0.398 e. The van der Waals surface area contributed by atoms with Crippen molar-refractivity contribution in [1.29, 1.82) is 0 Å². The summed E-state index contributed by atoms with van der Waals surface area (Å²) in [6, 6.07) is 0.908. The molecule has 0 unspecified atom stereocenters. The van der Waals surface area contributed by atoms with Crippen LogP contribution < -0.4 is 10.5 Å². The number of anilines is 1. The number of rotatable bonds is 3. The summed E-state index contributed by atoms with van der Waals surface area (Å²) in [5.41, 5.74) is 5.18. The number of hydrogen-bond donors (Lipinski definition) is 2. The highest BCUT2D eigenvalue weighted by Crippen LogP contribution is 2.25. The molecular formula is C9H12F2N2O2S. The first-order valence-corrected chi connectivity index (χ1v) is 6.03. The Morgan fingerprint density at radius 2 is 1.94 bits per heavy atom. The van der Waals surface area contributed by atoms with Crippen LogP contribution in [0.25, 0.3) is 0 Å². The van der Waals surface area contributed by atoms with E-state index in [4.69, 9.17) is 5.73 Å². The molecule has 0 aliphatic heterocycles. The van der Waals surface area contributed by atoms with Gasteiger partial charge in [-0.1, -0.05) is 6.92 Å². The molecule has 7 heteroatoms. The number of hydrogen-bond acceptors (Lipinski definition) is 3. The van der Waals surface area contributed by atoms with E-state index < -0.39 is 26.6 Å². The van der Waals surface area contributed by atoms with Crippen LogP contribution in [0.15, 0.2) is 11.0 Å². The average molecular weight is 250 g/mol. The van der Waals surface area contributed by atoms with Gasteiger partial charge in [0, 0.05) is 17.8 Å². The van der Waals surface area contributed by atoms with Crippen LogP contribution in [0.4, 0.5) is 14.5 Å². The molecule has 3 N–H and O–H groups in total. The van der Waals surface area contributed by atoms with Crippen LogP contribution in [-0.2, 0) is 10.0 Å². The molecule has 0 bridgehead atoms. The summed E-state index contributed by atoms with van der Waals surface area (Å²) in [6.07, 6.45) is 0. The van der Waals surface area contributed by atoms with Gasteiger partial charge in [-0.05, 0) is 13.0 Å². The van der Waals surface area contributed by atoms with Crippen LogP contribution in [-0.4, -0.2) is 15.0 Å². The zero-order valence-electron chi connectivity index (χ0n) is 8.84. The Hall–Kier alpha value is -1.21. The molecule has 0 radical (unpaired) electrons. The normalized spacial score (nSPS) is 11.8. The summed E-state index contributed by atoms with van der Waals surface area (Å²) in [7, 11) is -4.05. The standard InChI is InChI=1S/C9H12F2N2O2S/c1-3-13-16(14,15)7-4-6(12)5(2)8(10)9(7)11/h4,13H,3,12H2,1-2H3. The van der Waals surface area contributed by atoms with E-state index >= 15 is 0 Å². The van der Waals surface area contributed by atoms with Crippen molar-refractivity contribution in [2.45, 2.75) is 18.7 Å². The number of nitrogens with one attached hydrogen (secondary N) is 1. The van der Waals surface area contributed by atoms with Crippen molar-refractivity contribution in [3.8, 4) is 0 Å². The average Bonchev–Trinajstić information content (AvgIpc) is 2.20. The Kier molecular flexibility index (Phi) is 3.49. The lowest BCUT2D eigenvalue weighted by Gasteiger charge is -2.09. The highest BCUT2D eigenvalue weighted by atomic mass is 32.2. The van der Waals surface area contributed by atoms with Crippen molar-refractivity contribution in [3.63, 3.8) is 0 Å². The molecule has 90 valence electrons. The molecule has 1 aromatic rings. The van der Waals surface area contributed by atoms with E-state index in [0.29, 0.717) is 0 Å². The second-order valence-corrected chi connectivity index (χ2v) is 4.95. The summed E-state index contributed by atoms with van der Waals surface area (Å²) in [6.45, 7) is 2.89. The quantitative estimate of drug-likeness (QED) is 0.790. The summed E-state index contributed by atoms with van der Waals surface area (Å²) in [5.74, 6) is -2.65. The van der Waals surface area contributed by atoms with Crippen molar-refractivity contribution in [1.82, 2.24) is 4.72 Å². The number of nitrogen functional groups attached to an aromatic ring is 1. The van der Waals surface area contributed by atoms with Gasteiger partial charge in [-0.25, -0.2) is 21.9 Å². The predicted molar refractivity (Wildman–Crippen MR) is 56.4 cm³/mol. The van der Waals surface area contributed by atoms with E-state index in [-0.39, 0.29) is 17.8 Å². The molecule has 1 rings (SSSR count). The first-order valence-electron chi connectivity index (χ1n) is 4.55. The molecule has 0 saturated heterocycles. The molecule has 1 aromatic carbocycles. The van der Waals surface area contributed by atoms with Gasteiger partial charge in [0.25, 0.3) is 0 Å². The smallest absolute Gasteiger partial charge is 0.243 e. The fourth-order valence-electron chi connectivity index (χ4n) is 1.18. The molecule has 4 nitrogen and oxygen atoms in total. The third kappa shape index (κ3) is 2.14. The molecule has 0 fully saturated rings. The van der Waals surface area contributed by atoms with Crippen molar-refractivity contribution in [3.05, 3.63) is 23.3 Å². The third-order valence-corrected chi connectivity index (χ3v) is 3.63. The molecule has 0 spiro atoms. The highest BCUT2D eigenvalue weighted by Gasteiger charge is 2.23. The van der Waals surface area contributed by atoms with Gasteiger partial charge in [0.15, 0.2) is 11.6 Å². The summed E-state index contributed by atoms with van der Waals surface area (Å²) < 4.78 is 51.7. The maximum Gasteiger partial charge on any atom is 0.243 e. The number of nitrogens with two attached hydrogens (primary N) is 1. The Labute approximate surface area is 92.5 Å². The van der Waals surface area contributed by atoms with Crippen molar-refractivity contribution in [2.24, 2.45) is 0 Å². The lowest BCUT2D eigenvalue weighted by Crippen LogP contribution is -2.25. The molecule has 0 aromatic heterocycles. The molecule has 0 saturated carbocycles. The Morgan fingerprint density at radius 1 is 1.38 bits per heavy atom. The second-order valence-electron chi connectivity index (χ2n) is 3.22. The van der Waals surface area contributed by atoms with Crippen LogP contribution in [0.1, 0.15) is 12.5 Å². The van der Waals surface area contributed by atoms with E-state index in [2.05, 4.69) is 4.72 Å². The van der Waals surface area contributed by atoms with Gasteiger partial charge in [0.2, 0.25) is 10.0 Å². The van der Waals surface area contributed by atoms with Gasteiger partial charge in [-0.3, -0.25) is 0 Å². The van der Waals surface area contributed by atoms with Crippen LogP contribution in [0, 0.1) is 18.6 Å². The Morgan fingerprint density at radius 3 is 2.44 bits per heavy atom. The van der Waals surface area contributed by atoms with Crippen LogP contribution in [0.2, 0.25) is 0 Å². The van der Waals surface area contributed by atoms with Gasteiger partial charge in [-0.15, -0.1) is 0 Å². The van der Waals surface area contributed by atoms with Crippen LogP contribution in [0.3, 0.4) is 0 Å². The Bertz CT molecular complexity index is 515. The number of sulfonamides is 1. The summed E-state index contributed by atoms with van der Waals surface area (Å²) in [5, 5.41) is 0. The first kappa shape index (κ1) is 12.9. The lowest BCUT2D eigenvalue weighted by atomic mass is 10.2. The minimum absolute atomic E-state index is 0.0805.